The predicted molar refractivity (Wildman–Crippen MR) is 67.4 cm³/mol. The first-order valence-electron chi connectivity index (χ1n) is 6.41. The smallest absolute Gasteiger partial charge is 0.371 e. The van der Waals surface area contributed by atoms with Gasteiger partial charge in [0.2, 0.25) is 11.7 Å². The lowest BCUT2D eigenvalue weighted by atomic mass is 9.85. The van der Waals surface area contributed by atoms with Crippen molar-refractivity contribution in [2.75, 3.05) is 0 Å². The molecule has 0 atom stereocenters. The molecule has 6 nitrogen and oxygen atoms in total. The summed E-state index contributed by atoms with van der Waals surface area (Å²) in [4.78, 5) is 21.7. The summed E-state index contributed by atoms with van der Waals surface area (Å²) in [5.41, 5.74) is 5.28. The summed E-state index contributed by atoms with van der Waals surface area (Å²) in [7, 11) is 0. The fourth-order valence-corrected chi connectivity index (χ4v) is 2.41. The van der Waals surface area contributed by atoms with Gasteiger partial charge >= 0.3 is 5.97 Å². The molecule has 1 aromatic heterocycles. The van der Waals surface area contributed by atoms with Crippen molar-refractivity contribution in [3.63, 3.8) is 0 Å². The molecule has 0 saturated heterocycles. The van der Waals surface area contributed by atoms with Crippen LogP contribution in [0, 0.1) is 5.92 Å². The van der Waals surface area contributed by atoms with E-state index in [4.69, 9.17) is 15.3 Å². The third-order valence-corrected chi connectivity index (χ3v) is 3.57. The number of amides is 1. The Morgan fingerprint density at radius 2 is 2.00 bits per heavy atom. The molecular weight excluding hydrogens is 248 g/mol. The number of carbonyl (C=O) groups is 2. The molecule has 4 N–H and O–H groups in total. The summed E-state index contributed by atoms with van der Waals surface area (Å²) in [5.74, 6) is -0.715. The number of carboxylic acids is 1. The number of furan rings is 1. The van der Waals surface area contributed by atoms with E-state index in [1.165, 1.54) is 6.07 Å². The number of aromatic carboxylic acids is 1. The van der Waals surface area contributed by atoms with Crippen molar-refractivity contribution in [1.29, 1.82) is 0 Å². The van der Waals surface area contributed by atoms with Crippen LogP contribution in [-0.2, 0) is 11.3 Å². The molecule has 104 valence electrons. The third kappa shape index (κ3) is 3.57. The van der Waals surface area contributed by atoms with E-state index in [2.05, 4.69) is 5.32 Å². The van der Waals surface area contributed by atoms with Crippen LogP contribution in [-0.4, -0.2) is 23.0 Å². The fraction of sp³-hybridized carbons (Fsp3) is 0.538. The van der Waals surface area contributed by atoms with Crippen LogP contribution in [0.3, 0.4) is 0 Å². The molecule has 0 bridgehead atoms. The molecule has 2 rings (SSSR count). The molecule has 0 aliphatic heterocycles. The number of carboxylic acid groups (broad SMARTS) is 1. The highest BCUT2D eigenvalue weighted by molar-refractivity contribution is 5.84. The number of rotatable bonds is 5. The van der Waals surface area contributed by atoms with Crippen LogP contribution in [0.15, 0.2) is 16.5 Å². The molecule has 1 amide bonds. The number of hydrogen-bond acceptors (Lipinski definition) is 4. The van der Waals surface area contributed by atoms with E-state index in [1.807, 2.05) is 0 Å². The number of nitrogens with one attached hydrogen (secondary N) is 1. The predicted octanol–water partition coefficient (Wildman–Crippen LogP) is 1.11. The van der Waals surface area contributed by atoms with Gasteiger partial charge in [-0.2, -0.15) is 0 Å². The number of carbonyl (C=O) groups excluding carboxylic acids is 1. The monoisotopic (exact) mass is 266 g/mol. The summed E-state index contributed by atoms with van der Waals surface area (Å²) in [6, 6.07) is 3.43. The first kappa shape index (κ1) is 13.6. The molecule has 0 aromatic carbocycles. The molecule has 1 saturated carbocycles. The highest BCUT2D eigenvalue weighted by Crippen LogP contribution is 2.24. The number of primary amides is 1. The largest absolute Gasteiger partial charge is 0.475 e. The van der Waals surface area contributed by atoms with E-state index in [9.17, 15) is 9.59 Å². The SMILES string of the molecule is NC(=O)C1CCC(NCc2ccc(C(=O)O)o2)CC1. The highest BCUT2D eigenvalue weighted by atomic mass is 16.4. The maximum atomic E-state index is 11.0. The first-order chi connectivity index (χ1) is 9.06. The van der Waals surface area contributed by atoms with E-state index < -0.39 is 5.97 Å². The fourth-order valence-electron chi connectivity index (χ4n) is 2.41. The van der Waals surface area contributed by atoms with Crippen LogP contribution in [0.5, 0.6) is 0 Å². The van der Waals surface area contributed by atoms with Crippen LogP contribution >= 0.6 is 0 Å². The van der Waals surface area contributed by atoms with Gasteiger partial charge in [0.1, 0.15) is 5.76 Å². The van der Waals surface area contributed by atoms with E-state index in [0.717, 1.165) is 25.7 Å². The minimum atomic E-state index is -1.06. The van der Waals surface area contributed by atoms with Crippen LogP contribution < -0.4 is 11.1 Å². The first-order valence-corrected chi connectivity index (χ1v) is 6.41. The second kappa shape index (κ2) is 5.88. The molecule has 0 unspecified atom stereocenters. The van der Waals surface area contributed by atoms with Gasteiger partial charge in [-0.3, -0.25) is 4.79 Å². The lowest BCUT2D eigenvalue weighted by Gasteiger charge is -2.27. The van der Waals surface area contributed by atoms with Crippen LogP contribution in [0.2, 0.25) is 0 Å². The molecule has 19 heavy (non-hydrogen) atoms. The third-order valence-electron chi connectivity index (χ3n) is 3.57. The standard InChI is InChI=1S/C13H18N2O4/c14-12(16)8-1-3-9(4-2-8)15-7-10-5-6-11(19-10)13(17)18/h5-6,8-9,15H,1-4,7H2,(H2,14,16)(H,17,18). The molecule has 1 aliphatic rings. The average molecular weight is 266 g/mol. The number of hydrogen-bond donors (Lipinski definition) is 3. The zero-order valence-electron chi connectivity index (χ0n) is 10.6. The summed E-state index contributed by atoms with van der Waals surface area (Å²) in [6.45, 7) is 0.499. The molecular formula is C13H18N2O4. The van der Waals surface area contributed by atoms with Crippen molar-refractivity contribution >= 4 is 11.9 Å². The Morgan fingerprint density at radius 1 is 1.32 bits per heavy atom. The normalized spacial score (nSPS) is 23.2. The second-order valence-electron chi connectivity index (χ2n) is 4.90. The minimum absolute atomic E-state index is 0.000255. The van der Waals surface area contributed by atoms with Gasteiger partial charge in [0.25, 0.3) is 0 Å². The van der Waals surface area contributed by atoms with Crippen molar-refractivity contribution in [2.45, 2.75) is 38.3 Å². The summed E-state index contributed by atoms with van der Waals surface area (Å²) >= 11 is 0. The Labute approximate surface area is 111 Å². The van der Waals surface area contributed by atoms with Gasteiger partial charge in [-0.05, 0) is 37.8 Å². The van der Waals surface area contributed by atoms with Gasteiger partial charge in [0, 0.05) is 12.0 Å². The lowest BCUT2D eigenvalue weighted by Crippen LogP contribution is -2.36. The topological polar surface area (TPSA) is 106 Å². The summed E-state index contributed by atoms with van der Waals surface area (Å²) in [6.07, 6.45) is 3.43. The second-order valence-corrected chi connectivity index (χ2v) is 4.90. The van der Waals surface area contributed by atoms with Gasteiger partial charge in [-0.25, -0.2) is 4.79 Å². The van der Waals surface area contributed by atoms with Gasteiger partial charge in [-0.15, -0.1) is 0 Å². The summed E-state index contributed by atoms with van der Waals surface area (Å²) < 4.78 is 5.16. The maximum Gasteiger partial charge on any atom is 0.371 e. The van der Waals surface area contributed by atoms with E-state index in [0.29, 0.717) is 18.3 Å². The molecule has 6 heteroatoms. The van der Waals surface area contributed by atoms with Crippen molar-refractivity contribution in [3.8, 4) is 0 Å². The molecule has 1 fully saturated rings. The Morgan fingerprint density at radius 3 is 2.53 bits per heavy atom. The van der Waals surface area contributed by atoms with Gasteiger partial charge in [-0.1, -0.05) is 0 Å². The van der Waals surface area contributed by atoms with Crippen molar-refractivity contribution in [2.24, 2.45) is 11.7 Å². The van der Waals surface area contributed by atoms with Crippen LogP contribution in [0.1, 0.15) is 42.0 Å². The van der Waals surface area contributed by atoms with Gasteiger partial charge < -0.3 is 20.6 Å². The minimum Gasteiger partial charge on any atom is -0.475 e. The molecule has 0 spiro atoms. The van der Waals surface area contributed by atoms with Gasteiger partial charge in [0.05, 0.1) is 6.54 Å². The van der Waals surface area contributed by atoms with Crippen LogP contribution in [0.25, 0.3) is 0 Å². The Hall–Kier alpha value is -1.82. The lowest BCUT2D eigenvalue weighted by molar-refractivity contribution is -0.122. The zero-order chi connectivity index (χ0) is 13.8. The maximum absolute atomic E-state index is 11.0. The molecule has 1 aromatic rings. The van der Waals surface area contributed by atoms with Crippen molar-refractivity contribution in [1.82, 2.24) is 5.32 Å². The van der Waals surface area contributed by atoms with Crippen molar-refractivity contribution in [3.05, 3.63) is 23.7 Å². The van der Waals surface area contributed by atoms with Crippen molar-refractivity contribution < 1.29 is 19.1 Å². The van der Waals surface area contributed by atoms with Gasteiger partial charge in [0.15, 0.2) is 0 Å². The highest BCUT2D eigenvalue weighted by Gasteiger charge is 2.24. The van der Waals surface area contributed by atoms with Crippen LogP contribution in [0.4, 0.5) is 0 Å². The molecule has 1 heterocycles. The van der Waals surface area contributed by atoms with E-state index in [-0.39, 0.29) is 17.6 Å². The number of nitrogens with two attached hydrogens (primary N) is 1. The molecule has 1 aliphatic carbocycles. The van der Waals surface area contributed by atoms with E-state index in [1.54, 1.807) is 6.07 Å². The van der Waals surface area contributed by atoms with E-state index >= 15 is 0 Å². The summed E-state index contributed by atoms with van der Waals surface area (Å²) in [5, 5.41) is 12.0. The Bertz CT molecular complexity index is 461. The average Bonchev–Trinajstić information content (AvgIpc) is 2.86. The molecule has 0 radical (unpaired) electrons. The quantitative estimate of drug-likeness (QED) is 0.740. The Balaban J connectivity index is 1.77. The zero-order valence-corrected chi connectivity index (χ0v) is 10.6. The Kier molecular flexibility index (Phi) is 4.21.